The highest BCUT2D eigenvalue weighted by molar-refractivity contribution is 5.85. The third-order valence-electron chi connectivity index (χ3n) is 6.79. The molecule has 1 aromatic rings. The van der Waals surface area contributed by atoms with Gasteiger partial charge in [-0.15, -0.1) is 12.4 Å². The fraction of sp³-hybridized carbons (Fsp3) is 0.667. The first-order valence-electron chi connectivity index (χ1n) is 9.80. The van der Waals surface area contributed by atoms with Crippen LogP contribution in [0.2, 0.25) is 0 Å². The largest absolute Gasteiger partial charge is 0.356 e. The van der Waals surface area contributed by atoms with E-state index in [1.165, 1.54) is 44.1 Å². The van der Waals surface area contributed by atoms with Gasteiger partial charge in [0.15, 0.2) is 0 Å². The number of benzene rings is 1. The second kappa shape index (κ2) is 8.09. The lowest BCUT2D eigenvalue weighted by atomic mass is 9.78. The van der Waals surface area contributed by atoms with Gasteiger partial charge in [0.25, 0.3) is 0 Å². The van der Waals surface area contributed by atoms with Gasteiger partial charge in [-0.25, -0.2) is 0 Å². The third-order valence-corrected chi connectivity index (χ3v) is 6.79. The molecule has 1 aromatic carbocycles. The Labute approximate surface area is 157 Å². The molecule has 1 saturated heterocycles. The van der Waals surface area contributed by atoms with Crippen molar-refractivity contribution in [2.75, 3.05) is 19.6 Å². The number of hydrogen-bond donors (Lipinski definition) is 2. The number of nitrogens with one attached hydrogen (secondary N) is 2. The SMILES string of the molecule is Cl.O=C(NCC1CCC(c2ccccc2)CC1)C1CC12CCNCC2. The van der Waals surface area contributed by atoms with Gasteiger partial charge in [0, 0.05) is 12.5 Å². The van der Waals surface area contributed by atoms with Crippen LogP contribution in [0, 0.1) is 17.3 Å². The lowest BCUT2D eigenvalue weighted by Gasteiger charge is -2.29. The van der Waals surface area contributed by atoms with Crippen molar-refractivity contribution in [1.29, 1.82) is 0 Å². The van der Waals surface area contributed by atoms with Crippen molar-refractivity contribution in [2.24, 2.45) is 17.3 Å². The molecule has 2 N–H and O–H groups in total. The minimum Gasteiger partial charge on any atom is -0.356 e. The normalized spacial score (nSPS) is 30.3. The molecule has 1 spiro atoms. The Morgan fingerprint density at radius 2 is 1.76 bits per heavy atom. The summed E-state index contributed by atoms with van der Waals surface area (Å²) in [5, 5.41) is 6.69. The molecule has 1 unspecified atom stereocenters. The highest BCUT2D eigenvalue weighted by Gasteiger charge is 2.57. The van der Waals surface area contributed by atoms with E-state index in [1.807, 2.05) is 0 Å². The lowest BCUT2D eigenvalue weighted by molar-refractivity contribution is -0.123. The van der Waals surface area contributed by atoms with Gasteiger partial charge >= 0.3 is 0 Å². The monoisotopic (exact) mass is 362 g/mol. The highest BCUT2D eigenvalue weighted by Crippen LogP contribution is 2.58. The maximum Gasteiger partial charge on any atom is 0.223 e. The van der Waals surface area contributed by atoms with Crippen molar-refractivity contribution in [3.05, 3.63) is 35.9 Å². The minimum atomic E-state index is 0. The summed E-state index contributed by atoms with van der Waals surface area (Å²) in [4.78, 5) is 12.5. The van der Waals surface area contributed by atoms with Crippen molar-refractivity contribution < 1.29 is 4.79 Å². The van der Waals surface area contributed by atoms with Crippen LogP contribution >= 0.6 is 12.4 Å². The van der Waals surface area contributed by atoms with Gasteiger partial charge in [-0.2, -0.15) is 0 Å². The zero-order valence-electron chi connectivity index (χ0n) is 15.0. The van der Waals surface area contributed by atoms with Crippen molar-refractivity contribution in [2.45, 2.75) is 50.9 Å². The number of carbonyl (C=O) groups is 1. The molecule has 0 radical (unpaired) electrons. The van der Waals surface area contributed by atoms with Gasteiger partial charge in [-0.3, -0.25) is 4.79 Å². The smallest absolute Gasteiger partial charge is 0.223 e. The molecular formula is C21H31ClN2O. The quantitative estimate of drug-likeness (QED) is 0.853. The first-order valence-corrected chi connectivity index (χ1v) is 9.80. The van der Waals surface area contributed by atoms with E-state index in [4.69, 9.17) is 0 Å². The topological polar surface area (TPSA) is 41.1 Å². The fourth-order valence-electron chi connectivity index (χ4n) is 4.99. The summed E-state index contributed by atoms with van der Waals surface area (Å²) < 4.78 is 0. The summed E-state index contributed by atoms with van der Waals surface area (Å²) in [6.45, 7) is 3.08. The second-order valence-corrected chi connectivity index (χ2v) is 8.24. The number of piperidine rings is 1. The van der Waals surface area contributed by atoms with Crippen LogP contribution in [0.4, 0.5) is 0 Å². The summed E-state index contributed by atoms with van der Waals surface area (Å²) >= 11 is 0. The van der Waals surface area contributed by atoms with Gasteiger partial charge in [0.1, 0.15) is 0 Å². The standard InChI is InChI=1S/C21H30N2O.ClH/c24-20(19-14-21(19)10-12-22-13-11-21)23-15-16-6-8-18(9-7-16)17-4-2-1-3-5-17;/h1-5,16,18-19,22H,6-15H2,(H,23,24);1H. The Kier molecular flexibility index (Phi) is 6.06. The predicted octanol–water partition coefficient (Wildman–Crippen LogP) is 3.89. The first kappa shape index (κ1) is 18.7. The van der Waals surface area contributed by atoms with E-state index in [0.717, 1.165) is 32.0 Å². The number of hydrogen-bond acceptors (Lipinski definition) is 2. The minimum absolute atomic E-state index is 0. The molecule has 1 aliphatic heterocycles. The average molecular weight is 363 g/mol. The van der Waals surface area contributed by atoms with Crippen molar-refractivity contribution in [3.8, 4) is 0 Å². The van der Waals surface area contributed by atoms with Crippen molar-refractivity contribution in [1.82, 2.24) is 10.6 Å². The molecule has 0 bridgehead atoms. The lowest BCUT2D eigenvalue weighted by Crippen LogP contribution is -2.36. The van der Waals surface area contributed by atoms with Gasteiger partial charge in [-0.05, 0) is 80.8 Å². The zero-order valence-corrected chi connectivity index (χ0v) is 15.8. The number of amides is 1. The Morgan fingerprint density at radius 1 is 1.08 bits per heavy atom. The Hall–Kier alpha value is -1.06. The molecule has 2 saturated carbocycles. The molecule has 0 aromatic heterocycles. The summed E-state index contributed by atoms with van der Waals surface area (Å²) in [5.74, 6) is 2.04. The maximum atomic E-state index is 12.5. The first-order chi connectivity index (χ1) is 11.8. The molecule has 4 heteroatoms. The van der Waals surface area contributed by atoms with Crippen LogP contribution in [0.3, 0.4) is 0 Å². The second-order valence-electron chi connectivity index (χ2n) is 8.24. The van der Waals surface area contributed by atoms with E-state index in [9.17, 15) is 4.79 Å². The number of rotatable bonds is 4. The van der Waals surface area contributed by atoms with E-state index in [-0.39, 0.29) is 12.4 Å². The van der Waals surface area contributed by atoms with Crippen LogP contribution in [0.5, 0.6) is 0 Å². The summed E-state index contributed by atoms with van der Waals surface area (Å²) in [6.07, 6.45) is 8.54. The van der Waals surface area contributed by atoms with Gasteiger partial charge in [0.05, 0.1) is 0 Å². The van der Waals surface area contributed by atoms with E-state index < -0.39 is 0 Å². The Morgan fingerprint density at radius 3 is 2.44 bits per heavy atom. The van der Waals surface area contributed by atoms with Gasteiger partial charge < -0.3 is 10.6 Å². The molecular weight excluding hydrogens is 332 g/mol. The Bertz CT molecular complexity index is 563. The van der Waals surface area contributed by atoms with Crippen LogP contribution in [0.25, 0.3) is 0 Å². The molecule has 1 amide bonds. The molecule has 2 aliphatic carbocycles. The summed E-state index contributed by atoms with van der Waals surface area (Å²) in [7, 11) is 0. The van der Waals surface area contributed by atoms with E-state index in [0.29, 0.717) is 23.2 Å². The number of halogens is 1. The molecule has 4 rings (SSSR count). The fourth-order valence-corrected chi connectivity index (χ4v) is 4.99. The maximum absolute atomic E-state index is 12.5. The number of carbonyl (C=O) groups excluding carboxylic acids is 1. The molecule has 25 heavy (non-hydrogen) atoms. The molecule has 3 aliphatic rings. The third kappa shape index (κ3) is 4.20. The van der Waals surface area contributed by atoms with E-state index >= 15 is 0 Å². The molecule has 3 fully saturated rings. The summed E-state index contributed by atoms with van der Waals surface area (Å²) in [5.41, 5.74) is 1.85. The van der Waals surface area contributed by atoms with Crippen LogP contribution in [-0.4, -0.2) is 25.5 Å². The van der Waals surface area contributed by atoms with Crippen LogP contribution in [0.1, 0.15) is 56.4 Å². The molecule has 3 nitrogen and oxygen atoms in total. The van der Waals surface area contributed by atoms with Crippen molar-refractivity contribution >= 4 is 18.3 Å². The molecule has 1 atom stereocenters. The zero-order chi connectivity index (χ0) is 16.4. The summed E-state index contributed by atoms with van der Waals surface area (Å²) in [6, 6.07) is 10.9. The van der Waals surface area contributed by atoms with Crippen LogP contribution in [-0.2, 0) is 4.79 Å². The molecule has 1 heterocycles. The van der Waals surface area contributed by atoms with Gasteiger partial charge in [0.2, 0.25) is 5.91 Å². The van der Waals surface area contributed by atoms with Crippen LogP contribution < -0.4 is 10.6 Å². The average Bonchev–Trinajstić information content (AvgIpc) is 3.34. The van der Waals surface area contributed by atoms with Crippen LogP contribution in [0.15, 0.2) is 30.3 Å². The molecule has 138 valence electrons. The Balaban J connectivity index is 0.00000182. The predicted molar refractivity (Wildman–Crippen MR) is 104 cm³/mol. The van der Waals surface area contributed by atoms with Crippen molar-refractivity contribution in [3.63, 3.8) is 0 Å². The highest BCUT2D eigenvalue weighted by atomic mass is 35.5. The van der Waals surface area contributed by atoms with E-state index in [2.05, 4.69) is 41.0 Å². The van der Waals surface area contributed by atoms with E-state index in [1.54, 1.807) is 0 Å². The van der Waals surface area contributed by atoms with Gasteiger partial charge in [-0.1, -0.05) is 30.3 Å².